The van der Waals surface area contributed by atoms with Crippen molar-refractivity contribution in [3.63, 3.8) is 0 Å². The lowest BCUT2D eigenvalue weighted by molar-refractivity contribution is -0.130. The molecular weight excluding hydrogens is 168 g/mol. The first kappa shape index (κ1) is 9.77. The highest BCUT2D eigenvalue weighted by Crippen LogP contribution is 2.12. The maximum absolute atomic E-state index is 11.5. The van der Waals surface area contributed by atoms with E-state index in [0.29, 0.717) is 13.1 Å². The molecule has 13 heavy (non-hydrogen) atoms. The molecule has 0 saturated carbocycles. The molecule has 1 aliphatic heterocycles. The summed E-state index contributed by atoms with van der Waals surface area (Å²) in [6, 6.07) is -0.256. The molecule has 1 fully saturated rings. The van der Waals surface area contributed by atoms with Gasteiger partial charge in [0.25, 0.3) is 0 Å². The molecule has 0 N–H and O–H groups in total. The second-order valence-electron chi connectivity index (χ2n) is 3.30. The van der Waals surface area contributed by atoms with Crippen molar-refractivity contribution in [3.8, 4) is 0 Å². The van der Waals surface area contributed by atoms with Crippen molar-refractivity contribution in [1.82, 2.24) is 9.80 Å². The van der Waals surface area contributed by atoms with Crippen LogP contribution in [0.3, 0.4) is 0 Å². The number of hydrogen-bond donors (Lipinski definition) is 0. The van der Waals surface area contributed by atoms with Gasteiger partial charge >= 0.3 is 6.03 Å². The minimum Gasteiger partial charge on any atom is -0.299 e. The lowest BCUT2D eigenvalue weighted by atomic mass is 10.2. The van der Waals surface area contributed by atoms with Crippen LogP contribution in [0.15, 0.2) is 12.8 Å². The van der Waals surface area contributed by atoms with Crippen molar-refractivity contribution in [2.75, 3.05) is 13.1 Å². The molecule has 0 spiro atoms. The molecular formula is C9H14N2O2. The van der Waals surface area contributed by atoms with Crippen LogP contribution in [0.2, 0.25) is 0 Å². The Kier molecular flexibility index (Phi) is 2.70. The molecule has 0 radical (unpaired) electrons. The summed E-state index contributed by atoms with van der Waals surface area (Å²) in [5, 5.41) is 0. The van der Waals surface area contributed by atoms with Gasteiger partial charge in [0.15, 0.2) is 0 Å². The second kappa shape index (κ2) is 3.60. The van der Waals surface area contributed by atoms with E-state index >= 15 is 0 Å². The average molecular weight is 182 g/mol. The Morgan fingerprint density at radius 3 is 2.54 bits per heavy atom. The van der Waals surface area contributed by atoms with E-state index in [2.05, 4.69) is 6.58 Å². The van der Waals surface area contributed by atoms with E-state index in [-0.39, 0.29) is 17.9 Å². The predicted octanol–water partition coefficient (Wildman–Crippen LogP) is 1.05. The van der Waals surface area contributed by atoms with E-state index in [1.165, 1.54) is 16.0 Å². The van der Waals surface area contributed by atoms with Crippen LogP contribution in [0.1, 0.15) is 13.8 Å². The van der Waals surface area contributed by atoms with Crippen molar-refractivity contribution >= 4 is 11.9 Å². The van der Waals surface area contributed by atoms with Crippen molar-refractivity contribution in [2.45, 2.75) is 13.8 Å². The van der Waals surface area contributed by atoms with Crippen LogP contribution in [0.25, 0.3) is 0 Å². The van der Waals surface area contributed by atoms with Gasteiger partial charge in [-0.1, -0.05) is 20.4 Å². The third kappa shape index (κ3) is 1.71. The maximum Gasteiger partial charge on any atom is 0.330 e. The van der Waals surface area contributed by atoms with Gasteiger partial charge < -0.3 is 0 Å². The van der Waals surface area contributed by atoms with Gasteiger partial charge in [0, 0.05) is 25.2 Å². The van der Waals surface area contributed by atoms with Gasteiger partial charge in [-0.15, -0.1) is 0 Å². The van der Waals surface area contributed by atoms with Crippen LogP contribution in [0.5, 0.6) is 0 Å². The summed E-state index contributed by atoms with van der Waals surface area (Å²) in [5.74, 6) is -0.247. The first-order valence-corrected chi connectivity index (χ1v) is 4.32. The van der Waals surface area contributed by atoms with Crippen LogP contribution >= 0.6 is 0 Å². The molecule has 72 valence electrons. The fraction of sp³-hybridized carbons (Fsp3) is 0.556. The summed E-state index contributed by atoms with van der Waals surface area (Å²) in [6.07, 6.45) is 1.45. The molecule has 0 bridgehead atoms. The quantitative estimate of drug-likeness (QED) is 0.640. The Balaban J connectivity index is 2.70. The molecule has 0 aromatic carbocycles. The van der Waals surface area contributed by atoms with Gasteiger partial charge in [0.1, 0.15) is 0 Å². The summed E-state index contributed by atoms with van der Waals surface area (Å²) < 4.78 is 0. The summed E-state index contributed by atoms with van der Waals surface area (Å²) in [6.45, 7) is 8.10. The van der Waals surface area contributed by atoms with Gasteiger partial charge in [0.05, 0.1) is 0 Å². The van der Waals surface area contributed by atoms with Crippen molar-refractivity contribution in [2.24, 2.45) is 5.92 Å². The summed E-state index contributed by atoms with van der Waals surface area (Å²) in [5.41, 5.74) is 0. The minimum absolute atomic E-state index is 0.116. The van der Waals surface area contributed by atoms with E-state index in [9.17, 15) is 9.59 Å². The second-order valence-corrected chi connectivity index (χ2v) is 3.30. The van der Waals surface area contributed by atoms with Crippen LogP contribution in [-0.4, -0.2) is 34.8 Å². The van der Waals surface area contributed by atoms with Crippen LogP contribution in [0, 0.1) is 5.92 Å². The maximum atomic E-state index is 11.5. The molecule has 0 unspecified atom stereocenters. The molecule has 0 atom stereocenters. The number of amides is 3. The standard InChI is InChI=1S/C9H14N2O2/c1-4-10-5-6-11(9(10)13)8(12)7(2)3/h4,7H,1,5-6H2,2-3H3. The number of hydrogen-bond acceptors (Lipinski definition) is 2. The molecule has 0 aliphatic carbocycles. The molecule has 4 nitrogen and oxygen atoms in total. The highest BCUT2D eigenvalue weighted by atomic mass is 16.2. The zero-order valence-corrected chi connectivity index (χ0v) is 7.99. The minimum atomic E-state index is -0.256. The molecule has 3 amide bonds. The van der Waals surface area contributed by atoms with Gasteiger partial charge in [-0.2, -0.15) is 0 Å². The first-order chi connectivity index (χ1) is 6.07. The summed E-state index contributed by atoms with van der Waals surface area (Å²) in [4.78, 5) is 25.6. The zero-order valence-electron chi connectivity index (χ0n) is 7.99. The average Bonchev–Trinajstić information content (AvgIpc) is 2.45. The van der Waals surface area contributed by atoms with Gasteiger partial charge in [-0.25, -0.2) is 4.79 Å². The van der Waals surface area contributed by atoms with E-state index < -0.39 is 0 Å². The summed E-state index contributed by atoms with van der Waals surface area (Å²) >= 11 is 0. The number of imide groups is 1. The van der Waals surface area contributed by atoms with E-state index in [0.717, 1.165) is 0 Å². The van der Waals surface area contributed by atoms with E-state index in [4.69, 9.17) is 0 Å². The lowest BCUT2D eigenvalue weighted by Crippen LogP contribution is -2.37. The molecule has 1 saturated heterocycles. The Labute approximate surface area is 77.8 Å². The highest BCUT2D eigenvalue weighted by Gasteiger charge is 2.32. The molecule has 1 rings (SSSR count). The van der Waals surface area contributed by atoms with Crippen molar-refractivity contribution in [1.29, 1.82) is 0 Å². The predicted molar refractivity (Wildman–Crippen MR) is 48.9 cm³/mol. The Morgan fingerprint density at radius 1 is 1.54 bits per heavy atom. The number of carbonyl (C=O) groups excluding carboxylic acids is 2. The largest absolute Gasteiger partial charge is 0.330 e. The fourth-order valence-corrected chi connectivity index (χ4v) is 1.24. The van der Waals surface area contributed by atoms with Crippen LogP contribution in [0.4, 0.5) is 4.79 Å². The van der Waals surface area contributed by atoms with Crippen LogP contribution in [-0.2, 0) is 4.79 Å². The highest BCUT2D eigenvalue weighted by molar-refractivity contribution is 5.96. The number of nitrogens with zero attached hydrogens (tertiary/aromatic N) is 2. The SMILES string of the molecule is C=CN1CCN(C(=O)C(C)C)C1=O. The molecule has 0 aromatic heterocycles. The molecule has 1 heterocycles. The van der Waals surface area contributed by atoms with Gasteiger partial charge in [0.2, 0.25) is 5.91 Å². The number of urea groups is 1. The van der Waals surface area contributed by atoms with E-state index in [1.54, 1.807) is 13.8 Å². The fourth-order valence-electron chi connectivity index (χ4n) is 1.24. The number of rotatable bonds is 2. The Bertz CT molecular complexity index is 248. The number of carbonyl (C=O) groups is 2. The third-order valence-electron chi connectivity index (χ3n) is 2.02. The molecule has 0 aromatic rings. The van der Waals surface area contributed by atoms with Crippen LogP contribution < -0.4 is 0 Å². The Hall–Kier alpha value is -1.32. The topological polar surface area (TPSA) is 40.6 Å². The smallest absolute Gasteiger partial charge is 0.299 e. The first-order valence-electron chi connectivity index (χ1n) is 4.32. The van der Waals surface area contributed by atoms with Crippen molar-refractivity contribution in [3.05, 3.63) is 12.8 Å². The normalized spacial score (nSPS) is 17.0. The lowest BCUT2D eigenvalue weighted by Gasteiger charge is -2.16. The van der Waals surface area contributed by atoms with E-state index in [1.807, 2.05) is 0 Å². The monoisotopic (exact) mass is 182 g/mol. The van der Waals surface area contributed by atoms with Crippen molar-refractivity contribution < 1.29 is 9.59 Å². The molecule has 1 aliphatic rings. The Morgan fingerprint density at radius 2 is 2.15 bits per heavy atom. The third-order valence-corrected chi connectivity index (χ3v) is 2.02. The zero-order chi connectivity index (χ0) is 10.0. The van der Waals surface area contributed by atoms with Gasteiger partial charge in [-0.3, -0.25) is 14.6 Å². The van der Waals surface area contributed by atoms with Gasteiger partial charge in [-0.05, 0) is 0 Å². The summed E-state index contributed by atoms with van der Waals surface area (Å²) in [7, 11) is 0. The molecule has 4 heteroatoms.